The first kappa shape index (κ1) is 71.4. The van der Waals surface area contributed by atoms with Gasteiger partial charge in [0.2, 0.25) is 0 Å². The van der Waals surface area contributed by atoms with E-state index in [1.807, 2.05) is 0 Å². The van der Waals surface area contributed by atoms with Crippen molar-refractivity contribution in [2.45, 2.75) is 387 Å². The van der Waals surface area contributed by atoms with E-state index in [-0.39, 0.29) is 31.1 Å². The summed E-state index contributed by atoms with van der Waals surface area (Å²) in [7, 11) is 0. The zero-order valence-electron chi connectivity index (χ0n) is 50.3. The highest BCUT2D eigenvalue weighted by molar-refractivity contribution is 5.71. The monoisotopic (exact) mass is 1030 g/mol. The van der Waals surface area contributed by atoms with Gasteiger partial charge >= 0.3 is 17.9 Å². The number of carbonyl (C=O) groups is 3. The molecule has 73 heavy (non-hydrogen) atoms. The van der Waals surface area contributed by atoms with Crippen molar-refractivity contribution in [3.63, 3.8) is 0 Å². The van der Waals surface area contributed by atoms with Gasteiger partial charge in [0.25, 0.3) is 0 Å². The van der Waals surface area contributed by atoms with E-state index in [2.05, 4.69) is 34.6 Å². The summed E-state index contributed by atoms with van der Waals surface area (Å²) >= 11 is 0. The first-order chi connectivity index (χ1) is 35.8. The molecule has 0 N–H and O–H groups in total. The summed E-state index contributed by atoms with van der Waals surface area (Å²) in [6.07, 6.45) is 66.7. The maximum absolute atomic E-state index is 12.9. The van der Waals surface area contributed by atoms with Crippen LogP contribution in [0.4, 0.5) is 0 Å². The average molecular weight is 1030 g/mol. The maximum Gasteiger partial charge on any atom is 0.306 e. The number of carbonyl (C=O) groups excluding carboxylic acids is 3. The fourth-order valence-corrected chi connectivity index (χ4v) is 10.4. The number of hydrogen-bond acceptors (Lipinski definition) is 6. The van der Waals surface area contributed by atoms with Gasteiger partial charge in [0.1, 0.15) is 13.2 Å². The second kappa shape index (κ2) is 59.7. The quantitative estimate of drug-likeness (QED) is 0.0343. The molecule has 0 rings (SSSR count). The number of esters is 3. The van der Waals surface area contributed by atoms with Crippen LogP contribution in [0.5, 0.6) is 0 Å². The molecule has 0 saturated carbocycles. The largest absolute Gasteiger partial charge is 0.462 e. The Balaban J connectivity index is 4.25. The van der Waals surface area contributed by atoms with Crippen molar-refractivity contribution in [1.82, 2.24) is 0 Å². The highest BCUT2D eigenvalue weighted by atomic mass is 16.6. The van der Waals surface area contributed by atoms with E-state index in [4.69, 9.17) is 14.2 Å². The Morgan fingerprint density at radius 2 is 0.479 bits per heavy atom. The molecule has 0 spiro atoms. The molecule has 0 aliphatic rings. The highest BCUT2D eigenvalue weighted by Gasteiger charge is 2.20. The lowest BCUT2D eigenvalue weighted by Gasteiger charge is -2.18. The number of ether oxygens (including phenoxy) is 3. The Morgan fingerprint density at radius 3 is 0.712 bits per heavy atom. The second-order valence-corrected chi connectivity index (χ2v) is 23.6. The third-order valence-corrected chi connectivity index (χ3v) is 16.2. The summed E-state index contributed by atoms with van der Waals surface area (Å²) < 4.78 is 17.0. The molecule has 0 saturated heterocycles. The normalized spacial score (nSPS) is 12.8. The Bertz CT molecular complexity index is 1120. The molecule has 0 heterocycles. The Morgan fingerprint density at radius 1 is 0.274 bits per heavy atom. The van der Waals surface area contributed by atoms with Crippen LogP contribution in [0, 0.1) is 11.8 Å². The maximum atomic E-state index is 12.9. The van der Waals surface area contributed by atoms with Gasteiger partial charge in [-0.25, -0.2) is 0 Å². The van der Waals surface area contributed by atoms with Crippen LogP contribution < -0.4 is 0 Å². The van der Waals surface area contributed by atoms with Gasteiger partial charge in [-0.15, -0.1) is 0 Å². The summed E-state index contributed by atoms with van der Waals surface area (Å²) in [4.78, 5) is 38.4. The molecule has 0 radical (unpaired) electrons. The van der Waals surface area contributed by atoms with E-state index in [9.17, 15) is 14.4 Å². The van der Waals surface area contributed by atoms with Crippen LogP contribution in [-0.4, -0.2) is 37.2 Å². The molecule has 0 aliphatic carbocycles. The van der Waals surface area contributed by atoms with Gasteiger partial charge in [-0.05, 0) is 31.1 Å². The molecule has 0 aliphatic heterocycles. The number of hydrogen-bond donors (Lipinski definition) is 0. The molecule has 0 amide bonds. The van der Waals surface area contributed by atoms with Crippen molar-refractivity contribution < 1.29 is 28.6 Å². The Labute approximate surface area is 457 Å². The first-order valence-electron chi connectivity index (χ1n) is 33.3. The molecule has 0 fully saturated rings. The van der Waals surface area contributed by atoms with Gasteiger partial charge in [-0.2, -0.15) is 0 Å². The van der Waals surface area contributed by atoms with Crippen molar-refractivity contribution in [1.29, 1.82) is 0 Å². The van der Waals surface area contributed by atoms with Gasteiger partial charge in [0, 0.05) is 19.3 Å². The molecule has 434 valence electrons. The van der Waals surface area contributed by atoms with E-state index in [1.165, 1.54) is 270 Å². The smallest absolute Gasteiger partial charge is 0.306 e. The number of unbranched alkanes of at least 4 members (excludes halogenated alkanes) is 44. The van der Waals surface area contributed by atoms with E-state index >= 15 is 0 Å². The summed E-state index contributed by atoms with van der Waals surface area (Å²) in [5, 5.41) is 0. The first-order valence-corrected chi connectivity index (χ1v) is 33.3. The van der Waals surface area contributed by atoms with Gasteiger partial charge in [0.05, 0.1) is 0 Å². The van der Waals surface area contributed by atoms with Crippen LogP contribution in [0.25, 0.3) is 0 Å². The topological polar surface area (TPSA) is 78.9 Å². The third kappa shape index (κ3) is 57.9. The molecule has 2 unspecified atom stereocenters. The van der Waals surface area contributed by atoms with Crippen LogP contribution in [-0.2, 0) is 28.6 Å². The fourth-order valence-electron chi connectivity index (χ4n) is 10.4. The fraction of sp³-hybridized carbons (Fsp3) is 0.955. The van der Waals surface area contributed by atoms with Crippen LogP contribution in [0.1, 0.15) is 381 Å². The zero-order valence-corrected chi connectivity index (χ0v) is 50.3. The van der Waals surface area contributed by atoms with Crippen LogP contribution >= 0.6 is 0 Å². The van der Waals surface area contributed by atoms with Crippen LogP contribution in [0.3, 0.4) is 0 Å². The summed E-state index contributed by atoms with van der Waals surface area (Å²) in [5.74, 6) is 0.949. The molecule has 6 nitrogen and oxygen atoms in total. The van der Waals surface area contributed by atoms with Crippen LogP contribution in [0.2, 0.25) is 0 Å². The standard InChI is InChI=1S/C67H130O6/c1-6-9-10-11-12-13-14-15-16-17-18-23-26-29-32-39-44-49-54-59-67(70)73-64(61-72-66(69)58-53-48-43-38-34-33-36-41-46-51-56-63(5)8-3)60-71-65(68)57-52-47-42-37-31-28-25-22-20-19-21-24-27-30-35-40-45-50-55-62(4)7-2/h62-64H,6-61H2,1-5H3/t62?,63?,64-/m0/s1. The van der Waals surface area contributed by atoms with Crippen molar-refractivity contribution in [2.75, 3.05) is 13.2 Å². The number of rotatable bonds is 61. The molecule has 0 aromatic rings. The van der Waals surface area contributed by atoms with Gasteiger partial charge in [0.15, 0.2) is 6.10 Å². The molecule has 0 aromatic heterocycles. The minimum Gasteiger partial charge on any atom is -0.462 e. The lowest BCUT2D eigenvalue weighted by atomic mass is 9.99. The molecule has 6 heteroatoms. The van der Waals surface area contributed by atoms with Crippen molar-refractivity contribution >= 4 is 17.9 Å². The minimum absolute atomic E-state index is 0.0619. The van der Waals surface area contributed by atoms with E-state index < -0.39 is 6.10 Å². The van der Waals surface area contributed by atoms with E-state index in [1.54, 1.807) is 0 Å². The third-order valence-electron chi connectivity index (χ3n) is 16.2. The predicted molar refractivity (Wildman–Crippen MR) is 316 cm³/mol. The zero-order chi connectivity index (χ0) is 53.2. The lowest BCUT2D eigenvalue weighted by molar-refractivity contribution is -0.167. The van der Waals surface area contributed by atoms with Gasteiger partial charge < -0.3 is 14.2 Å². The van der Waals surface area contributed by atoms with Gasteiger partial charge in [-0.1, -0.05) is 343 Å². The van der Waals surface area contributed by atoms with Gasteiger partial charge in [-0.3, -0.25) is 14.4 Å². The molecule has 0 bridgehead atoms. The Hall–Kier alpha value is -1.59. The van der Waals surface area contributed by atoms with Crippen LogP contribution in [0.15, 0.2) is 0 Å². The van der Waals surface area contributed by atoms with E-state index in [0.29, 0.717) is 19.3 Å². The van der Waals surface area contributed by atoms with Crippen molar-refractivity contribution in [3.05, 3.63) is 0 Å². The summed E-state index contributed by atoms with van der Waals surface area (Å²) in [6, 6.07) is 0. The molecular formula is C67H130O6. The second-order valence-electron chi connectivity index (χ2n) is 23.6. The minimum atomic E-state index is -0.764. The summed E-state index contributed by atoms with van der Waals surface area (Å²) in [6.45, 7) is 11.5. The molecular weight excluding hydrogens is 901 g/mol. The SMILES string of the molecule is CCCCCCCCCCCCCCCCCCCCCC(=O)O[C@@H](COC(=O)CCCCCCCCCCCCCCCCCCCCC(C)CC)COC(=O)CCCCCCCCCCCCC(C)CC. The summed E-state index contributed by atoms with van der Waals surface area (Å²) in [5.41, 5.74) is 0. The highest BCUT2D eigenvalue weighted by Crippen LogP contribution is 2.20. The molecule has 0 aromatic carbocycles. The average Bonchev–Trinajstić information content (AvgIpc) is 3.39. The Kier molecular flexibility index (Phi) is 58.4. The van der Waals surface area contributed by atoms with E-state index in [0.717, 1.165) is 69.6 Å². The lowest BCUT2D eigenvalue weighted by Crippen LogP contribution is -2.30. The molecule has 3 atom stereocenters. The van der Waals surface area contributed by atoms with Crippen molar-refractivity contribution in [3.8, 4) is 0 Å². The predicted octanol–water partition coefficient (Wildman–Crippen LogP) is 22.4. The van der Waals surface area contributed by atoms with Crippen molar-refractivity contribution in [2.24, 2.45) is 11.8 Å².